The molecule has 2 amide bonds. The molecule has 19 heavy (non-hydrogen) atoms. The minimum absolute atomic E-state index is 0.225. The van der Waals surface area contributed by atoms with Crippen LogP contribution in [0.3, 0.4) is 0 Å². The SMILES string of the molecule is NC(=O)C1CCCN1C(=O)c1ccc(C(N)=S)cn1. The molecule has 1 unspecified atom stereocenters. The second-order valence-corrected chi connectivity index (χ2v) is 4.80. The van der Waals surface area contributed by atoms with Gasteiger partial charge in [0.2, 0.25) is 5.91 Å². The van der Waals surface area contributed by atoms with E-state index < -0.39 is 11.9 Å². The summed E-state index contributed by atoms with van der Waals surface area (Å²) < 4.78 is 0. The first-order valence-corrected chi connectivity index (χ1v) is 6.27. The topological polar surface area (TPSA) is 102 Å². The van der Waals surface area contributed by atoms with Crippen LogP contribution in [0.1, 0.15) is 28.9 Å². The third kappa shape index (κ3) is 2.70. The molecule has 2 rings (SSSR count). The Labute approximate surface area is 115 Å². The van der Waals surface area contributed by atoms with Crippen LogP contribution in [0.4, 0.5) is 0 Å². The highest BCUT2D eigenvalue weighted by Gasteiger charge is 2.33. The summed E-state index contributed by atoms with van der Waals surface area (Å²) in [6, 6.07) is 2.65. The molecule has 0 aromatic carbocycles. The monoisotopic (exact) mass is 278 g/mol. The van der Waals surface area contributed by atoms with E-state index in [0.29, 0.717) is 18.5 Å². The minimum atomic E-state index is -0.537. The van der Waals surface area contributed by atoms with Gasteiger partial charge in [0.1, 0.15) is 16.7 Å². The number of carbonyl (C=O) groups excluding carboxylic acids is 2. The molecule has 0 bridgehead atoms. The molecule has 1 saturated heterocycles. The smallest absolute Gasteiger partial charge is 0.273 e. The molecule has 0 radical (unpaired) electrons. The summed E-state index contributed by atoms with van der Waals surface area (Å²) in [5.41, 5.74) is 11.6. The lowest BCUT2D eigenvalue weighted by atomic mass is 10.2. The molecule has 7 heteroatoms. The highest BCUT2D eigenvalue weighted by molar-refractivity contribution is 7.80. The number of amides is 2. The summed E-state index contributed by atoms with van der Waals surface area (Å²) in [6.07, 6.45) is 2.82. The first-order chi connectivity index (χ1) is 9.00. The number of rotatable bonds is 3. The Morgan fingerprint density at radius 2 is 2.11 bits per heavy atom. The molecule has 1 aliphatic heterocycles. The lowest BCUT2D eigenvalue weighted by Gasteiger charge is -2.21. The Bertz CT molecular complexity index is 529. The molecule has 1 aliphatic rings. The van der Waals surface area contributed by atoms with Crippen molar-refractivity contribution in [3.63, 3.8) is 0 Å². The zero-order chi connectivity index (χ0) is 14.0. The van der Waals surface area contributed by atoms with Gasteiger partial charge in [-0.05, 0) is 25.0 Å². The number of nitrogens with zero attached hydrogens (tertiary/aromatic N) is 2. The fourth-order valence-electron chi connectivity index (χ4n) is 2.12. The maximum absolute atomic E-state index is 12.2. The summed E-state index contributed by atoms with van der Waals surface area (Å²) in [5.74, 6) is -0.776. The van der Waals surface area contributed by atoms with Crippen LogP contribution in [-0.4, -0.2) is 39.3 Å². The quantitative estimate of drug-likeness (QED) is 0.746. The first kappa shape index (κ1) is 13.4. The van der Waals surface area contributed by atoms with Gasteiger partial charge in [0.05, 0.1) is 0 Å². The van der Waals surface area contributed by atoms with Crippen molar-refractivity contribution in [2.45, 2.75) is 18.9 Å². The Kier molecular flexibility index (Phi) is 3.75. The zero-order valence-corrected chi connectivity index (χ0v) is 11.0. The Balaban J connectivity index is 2.19. The van der Waals surface area contributed by atoms with E-state index in [-0.39, 0.29) is 16.6 Å². The van der Waals surface area contributed by atoms with Gasteiger partial charge in [-0.1, -0.05) is 12.2 Å². The predicted molar refractivity (Wildman–Crippen MR) is 73.4 cm³/mol. The average molecular weight is 278 g/mol. The maximum Gasteiger partial charge on any atom is 0.273 e. The van der Waals surface area contributed by atoms with E-state index in [1.807, 2.05) is 0 Å². The first-order valence-electron chi connectivity index (χ1n) is 5.87. The van der Waals surface area contributed by atoms with Crippen molar-refractivity contribution in [2.75, 3.05) is 6.54 Å². The van der Waals surface area contributed by atoms with Gasteiger partial charge in [-0.3, -0.25) is 14.6 Å². The van der Waals surface area contributed by atoms with Gasteiger partial charge >= 0.3 is 0 Å². The zero-order valence-electron chi connectivity index (χ0n) is 10.2. The van der Waals surface area contributed by atoms with Gasteiger partial charge in [0, 0.05) is 18.3 Å². The van der Waals surface area contributed by atoms with Gasteiger partial charge < -0.3 is 16.4 Å². The Morgan fingerprint density at radius 1 is 1.37 bits per heavy atom. The van der Waals surface area contributed by atoms with Gasteiger partial charge in [-0.15, -0.1) is 0 Å². The fraction of sp³-hybridized carbons (Fsp3) is 0.333. The minimum Gasteiger partial charge on any atom is -0.389 e. The van der Waals surface area contributed by atoms with Crippen LogP contribution in [-0.2, 0) is 4.79 Å². The van der Waals surface area contributed by atoms with Crippen molar-refractivity contribution in [3.8, 4) is 0 Å². The summed E-state index contributed by atoms with van der Waals surface area (Å²) >= 11 is 4.81. The number of nitrogens with two attached hydrogens (primary N) is 2. The van der Waals surface area contributed by atoms with Crippen molar-refractivity contribution in [3.05, 3.63) is 29.6 Å². The normalized spacial score (nSPS) is 18.3. The van der Waals surface area contributed by atoms with Gasteiger partial charge in [0.25, 0.3) is 5.91 Å². The van der Waals surface area contributed by atoms with E-state index in [0.717, 1.165) is 6.42 Å². The van der Waals surface area contributed by atoms with E-state index in [9.17, 15) is 9.59 Å². The van der Waals surface area contributed by atoms with Crippen LogP contribution in [0.2, 0.25) is 0 Å². The molecule has 4 N–H and O–H groups in total. The second-order valence-electron chi connectivity index (χ2n) is 4.36. The molecule has 0 aliphatic carbocycles. The lowest BCUT2D eigenvalue weighted by Crippen LogP contribution is -2.43. The number of likely N-dealkylation sites (tertiary alicyclic amines) is 1. The summed E-state index contributed by atoms with van der Waals surface area (Å²) in [4.78, 5) is 29.2. The number of hydrogen-bond donors (Lipinski definition) is 2. The maximum atomic E-state index is 12.2. The molecule has 1 aromatic rings. The Morgan fingerprint density at radius 3 is 2.63 bits per heavy atom. The van der Waals surface area contributed by atoms with Crippen LogP contribution < -0.4 is 11.5 Å². The summed E-state index contributed by atoms with van der Waals surface area (Å²) in [6.45, 7) is 0.519. The third-order valence-corrected chi connectivity index (χ3v) is 3.34. The largest absolute Gasteiger partial charge is 0.389 e. The second kappa shape index (κ2) is 5.31. The van der Waals surface area contributed by atoms with E-state index in [1.54, 1.807) is 12.1 Å². The molecule has 0 spiro atoms. The summed E-state index contributed by atoms with van der Waals surface area (Å²) in [7, 11) is 0. The van der Waals surface area contributed by atoms with Crippen molar-refractivity contribution in [1.82, 2.24) is 9.88 Å². The number of pyridine rings is 1. The molecule has 100 valence electrons. The number of primary amides is 1. The number of thiocarbonyl (C=S) groups is 1. The molecule has 1 atom stereocenters. The predicted octanol–water partition coefficient (Wildman–Crippen LogP) is -0.194. The van der Waals surface area contributed by atoms with Crippen LogP contribution >= 0.6 is 12.2 Å². The van der Waals surface area contributed by atoms with Crippen LogP contribution in [0, 0.1) is 0 Å². The van der Waals surface area contributed by atoms with Crippen molar-refractivity contribution in [2.24, 2.45) is 11.5 Å². The Hall–Kier alpha value is -2.02. The van der Waals surface area contributed by atoms with E-state index in [4.69, 9.17) is 23.7 Å². The highest BCUT2D eigenvalue weighted by Crippen LogP contribution is 2.19. The van der Waals surface area contributed by atoms with E-state index >= 15 is 0 Å². The van der Waals surface area contributed by atoms with E-state index in [2.05, 4.69) is 4.98 Å². The molecular formula is C12H14N4O2S. The molecular weight excluding hydrogens is 264 g/mol. The number of carbonyl (C=O) groups is 2. The van der Waals surface area contributed by atoms with Gasteiger partial charge in [-0.2, -0.15) is 0 Å². The molecule has 1 fully saturated rings. The fourth-order valence-corrected chi connectivity index (χ4v) is 2.24. The lowest BCUT2D eigenvalue weighted by molar-refractivity contribution is -0.121. The highest BCUT2D eigenvalue weighted by atomic mass is 32.1. The third-order valence-electron chi connectivity index (χ3n) is 3.11. The van der Waals surface area contributed by atoms with Gasteiger partial charge in [0.15, 0.2) is 0 Å². The van der Waals surface area contributed by atoms with E-state index in [1.165, 1.54) is 11.1 Å². The average Bonchev–Trinajstić information content (AvgIpc) is 2.87. The van der Waals surface area contributed by atoms with Crippen LogP contribution in [0.5, 0.6) is 0 Å². The standard InChI is InChI=1S/C12H14N4O2S/c13-10(17)9-2-1-5-16(9)12(18)8-4-3-7(6-15-8)11(14)19/h3-4,6,9H,1-2,5H2,(H2,13,17)(H2,14,19). The molecule has 1 aromatic heterocycles. The molecule has 0 saturated carbocycles. The summed E-state index contributed by atoms with van der Waals surface area (Å²) in [5, 5.41) is 0. The van der Waals surface area contributed by atoms with Crippen molar-refractivity contribution < 1.29 is 9.59 Å². The molecule has 2 heterocycles. The number of hydrogen-bond acceptors (Lipinski definition) is 4. The van der Waals surface area contributed by atoms with Crippen molar-refractivity contribution >= 4 is 29.0 Å². The van der Waals surface area contributed by atoms with Crippen LogP contribution in [0.15, 0.2) is 18.3 Å². The number of aromatic nitrogens is 1. The molecule has 6 nitrogen and oxygen atoms in total. The van der Waals surface area contributed by atoms with Crippen molar-refractivity contribution in [1.29, 1.82) is 0 Å². The van der Waals surface area contributed by atoms with Crippen LogP contribution in [0.25, 0.3) is 0 Å². The van der Waals surface area contributed by atoms with Gasteiger partial charge in [-0.25, -0.2) is 0 Å².